The van der Waals surface area contributed by atoms with Crippen LogP contribution < -0.4 is 15.2 Å². The minimum Gasteiger partial charge on any atom is -0.480 e. The van der Waals surface area contributed by atoms with Gasteiger partial charge in [-0.1, -0.05) is 23.7 Å². The number of nitrogens with one attached hydrogen (secondary N) is 1. The largest absolute Gasteiger partial charge is 0.480 e. The van der Waals surface area contributed by atoms with Crippen LogP contribution in [0.15, 0.2) is 71.5 Å². The number of rotatable bonds is 20. The number of hydrogen-bond acceptors (Lipinski definition) is 14. The zero-order chi connectivity index (χ0) is 61.3. The Hall–Kier alpha value is -7.97. The number of pyridine rings is 1. The zero-order valence-corrected chi connectivity index (χ0v) is 45.4. The summed E-state index contributed by atoms with van der Waals surface area (Å²) in [7, 11) is -8.74. The Labute approximate surface area is 470 Å². The van der Waals surface area contributed by atoms with E-state index >= 15 is 13.6 Å². The molecule has 0 saturated heterocycles. The van der Waals surface area contributed by atoms with Crippen LogP contribution in [0, 0.1) is 17.6 Å². The van der Waals surface area contributed by atoms with Gasteiger partial charge >= 0.3 is 26.1 Å². The van der Waals surface area contributed by atoms with Crippen LogP contribution in [0.3, 0.4) is 0 Å². The van der Waals surface area contributed by atoms with E-state index in [2.05, 4.69) is 29.8 Å². The maximum absolute atomic E-state index is 15.7. The first-order valence-electron chi connectivity index (χ1n) is 24.4. The Balaban J connectivity index is 1.19. The number of anilines is 1. The van der Waals surface area contributed by atoms with E-state index in [0.717, 1.165) is 51.7 Å². The second-order valence-corrected chi connectivity index (χ2v) is 22.7. The average Bonchev–Trinajstić information content (AvgIpc) is 2.17. The predicted octanol–water partition coefficient (Wildman–Crippen LogP) is 7.39. The molecule has 0 aliphatic heterocycles. The van der Waals surface area contributed by atoms with Crippen LogP contribution >= 0.6 is 19.4 Å². The lowest BCUT2D eigenvalue weighted by Gasteiger charge is -2.24. The molecule has 3 amide bonds. The van der Waals surface area contributed by atoms with Gasteiger partial charge in [-0.05, 0) is 72.9 Å². The van der Waals surface area contributed by atoms with Crippen molar-refractivity contribution in [1.29, 1.82) is 0 Å². The van der Waals surface area contributed by atoms with Gasteiger partial charge in [-0.3, -0.25) is 38.0 Å². The SMILES string of the molecule is Cn1nc(N(C(=O)CCCN(CC(=O)O)C(=O)OCOP(=O)(O)O)S(C)(=O)=O)c2c(Cl)ccc(-n3c([C@H](Cc4cc(F)cc(F)c4)NC(=O)Cn4nc(C(F)F)c5c4C(F)(F)[C@@H]4C[C@H]54)nc4cc(-c5cccc(C(F)(F)F)n5)ccc4c3=O)c21. The number of fused-ring (bicyclic) bond motifs is 5. The van der Waals surface area contributed by atoms with Crippen LogP contribution in [0.5, 0.6) is 0 Å². The lowest BCUT2D eigenvalue weighted by Crippen LogP contribution is -2.39. The number of amides is 3. The number of hydrogen-bond donors (Lipinski definition) is 4. The van der Waals surface area contributed by atoms with Crippen LogP contribution in [0.2, 0.25) is 5.02 Å². The van der Waals surface area contributed by atoms with E-state index in [4.69, 9.17) is 26.4 Å². The molecule has 446 valence electrons. The van der Waals surface area contributed by atoms with Gasteiger partial charge in [0.25, 0.3) is 17.9 Å². The van der Waals surface area contributed by atoms with Gasteiger partial charge in [-0.25, -0.2) is 49.8 Å². The van der Waals surface area contributed by atoms with Crippen molar-refractivity contribution in [3.63, 3.8) is 0 Å². The summed E-state index contributed by atoms with van der Waals surface area (Å²) in [5, 5.41) is 18.8. The third kappa shape index (κ3) is 12.3. The molecule has 1 saturated carbocycles. The maximum atomic E-state index is 15.7. The highest BCUT2D eigenvalue weighted by atomic mass is 35.5. The molecule has 35 heteroatoms. The number of phosphoric acid groups is 1. The first-order chi connectivity index (χ1) is 39.2. The third-order valence-corrected chi connectivity index (χ3v) is 15.2. The fourth-order valence-electron chi connectivity index (χ4n) is 9.99. The fourth-order valence-corrected chi connectivity index (χ4v) is 11.3. The molecular weight excluding hydrogens is 1210 g/mol. The van der Waals surface area contributed by atoms with Crippen LogP contribution in [0.4, 0.5) is 50.1 Å². The molecular formula is C49H41ClF9N10O13PS. The first kappa shape index (κ1) is 60.6. The number of alkyl halides is 7. The van der Waals surface area contributed by atoms with E-state index in [1.54, 1.807) is 0 Å². The highest BCUT2D eigenvalue weighted by molar-refractivity contribution is 7.92. The first-order valence-corrected chi connectivity index (χ1v) is 28.1. The molecule has 4 aromatic heterocycles. The number of carboxylic acids is 1. The Morgan fingerprint density at radius 2 is 1.70 bits per heavy atom. The van der Waals surface area contributed by atoms with Crippen LogP contribution in [-0.2, 0) is 70.3 Å². The van der Waals surface area contributed by atoms with Gasteiger partial charge in [0.05, 0.1) is 50.5 Å². The smallest absolute Gasteiger partial charge is 0.472 e. The van der Waals surface area contributed by atoms with E-state index in [-0.39, 0.29) is 54.7 Å². The van der Waals surface area contributed by atoms with Crippen molar-refractivity contribution in [3.8, 4) is 16.9 Å². The molecule has 1 fully saturated rings. The summed E-state index contributed by atoms with van der Waals surface area (Å²) in [6.45, 7) is -4.25. The molecule has 2 aliphatic rings. The van der Waals surface area contributed by atoms with Gasteiger partial charge in [0.1, 0.15) is 47.6 Å². The van der Waals surface area contributed by atoms with Crippen LogP contribution in [0.25, 0.3) is 38.8 Å². The van der Waals surface area contributed by atoms with Crippen molar-refractivity contribution in [2.45, 2.75) is 62.7 Å². The summed E-state index contributed by atoms with van der Waals surface area (Å²) in [5.41, 5.74) is -6.31. The molecule has 4 N–H and O–H groups in total. The van der Waals surface area contributed by atoms with Gasteiger partial charge in [-0.2, -0.15) is 36.5 Å². The Kier molecular flexibility index (Phi) is 16.3. The number of carbonyl (C=O) groups excluding carboxylic acids is 3. The standard InChI is InChI=1S/C49H41ClF9N10O13PS/c1-65-41-33(11-10-29(50)39(41)45(64-65)69(84(2,79)80)36(71)7-4-12-66(20-37(72)73)47(75)81-21-82-83(76,77)78)68-44(62-31-16-23(8-9-26(31)46(68)74)30-5-3-6-34(60-30)49(57,58)59)32(15-22-13-24(51)17-25(52)14-22)61-35(70)19-67-42-38(40(63-67)43(53)54)27-18-28(27)48(42,55)56/h3,5-6,8-11,13-14,16-17,27-28,32,43H,4,7,12,15,18-21H2,1-2H3,(H,61,70)(H,72,73)(H2,76,77,78)/t27-,28+,32-/m0/s1. The Morgan fingerprint density at radius 1 is 1.00 bits per heavy atom. The molecule has 0 radical (unpaired) electrons. The molecule has 84 heavy (non-hydrogen) atoms. The van der Waals surface area contributed by atoms with Crippen molar-refractivity contribution in [2.24, 2.45) is 13.0 Å². The molecule has 0 bridgehead atoms. The molecule has 3 atom stereocenters. The lowest BCUT2D eigenvalue weighted by molar-refractivity contribution is -0.141. The van der Waals surface area contributed by atoms with E-state index in [9.17, 15) is 68.0 Å². The summed E-state index contributed by atoms with van der Waals surface area (Å²) in [6, 6.07) is 8.96. The topological polar surface area (TPSA) is 301 Å². The van der Waals surface area contributed by atoms with Gasteiger partial charge in [0, 0.05) is 49.5 Å². The number of carboxylic acid groups (broad SMARTS) is 1. The number of aromatic nitrogens is 7. The summed E-state index contributed by atoms with van der Waals surface area (Å²) in [4.78, 5) is 94.7. The molecule has 9 rings (SSSR count). The fraction of sp³-hybridized carbons (Fsp3) is 0.327. The van der Waals surface area contributed by atoms with E-state index in [1.807, 2.05) is 0 Å². The highest BCUT2D eigenvalue weighted by Gasteiger charge is 2.67. The summed E-state index contributed by atoms with van der Waals surface area (Å²) in [5.74, 6) is -13.8. The van der Waals surface area contributed by atoms with Gasteiger partial charge in [0.15, 0.2) is 5.82 Å². The lowest BCUT2D eigenvalue weighted by atomic mass is 10.0. The number of aliphatic carboxylic acids is 1. The van der Waals surface area contributed by atoms with Gasteiger partial charge in [0.2, 0.25) is 28.6 Å². The normalized spacial score (nSPS) is 15.9. The second-order valence-electron chi connectivity index (χ2n) is 19.3. The van der Waals surface area contributed by atoms with Crippen LogP contribution in [0.1, 0.15) is 71.7 Å². The molecule has 23 nitrogen and oxygen atoms in total. The van der Waals surface area contributed by atoms with Crippen molar-refractivity contribution in [1.82, 2.24) is 44.3 Å². The number of aryl methyl sites for hydroxylation is 1. The zero-order valence-electron chi connectivity index (χ0n) is 42.9. The minimum absolute atomic E-state index is 0.0590. The Morgan fingerprint density at radius 3 is 2.35 bits per heavy atom. The maximum Gasteiger partial charge on any atom is 0.472 e. The summed E-state index contributed by atoms with van der Waals surface area (Å²) < 4.78 is 181. The van der Waals surface area contributed by atoms with Crippen molar-refractivity contribution >= 4 is 80.9 Å². The number of nitrogens with zero attached hydrogens (tertiary/aromatic N) is 9. The predicted molar refractivity (Wildman–Crippen MR) is 273 cm³/mol. The monoisotopic (exact) mass is 1250 g/mol. The van der Waals surface area contributed by atoms with E-state index in [0.29, 0.717) is 28.0 Å². The third-order valence-electron chi connectivity index (χ3n) is 13.4. The molecule has 2 aliphatic carbocycles. The van der Waals surface area contributed by atoms with Crippen molar-refractivity contribution in [3.05, 3.63) is 128 Å². The van der Waals surface area contributed by atoms with Crippen LogP contribution in [-0.4, -0.2) is 112 Å². The van der Waals surface area contributed by atoms with Gasteiger partial charge < -0.3 is 24.9 Å². The number of carbonyl (C=O) groups is 4. The number of sulfonamides is 1. The molecule has 4 heterocycles. The molecule has 7 aromatic rings. The van der Waals surface area contributed by atoms with Crippen molar-refractivity contribution in [2.75, 3.05) is 30.4 Å². The van der Waals surface area contributed by atoms with E-state index in [1.165, 1.54) is 19.2 Å². The van der Waals surface area contributed by atoms with Gasteiger partial charge in [-0.15, -0.1) is 0 Å². The van der Waals surface area contributed by atoms with Crippen molar-refractivity contribution < 1.29 is 95.8 Å². The molecule has 3 aromatic carbocycles. The second kappa shape index (κ2) is 22.6. The number of phosphoric ester groups is 1. The Bertz CT molecular complexity index is 4070. The number of halogens is 10. The quantitative estimate of drug-likeness (QED) is 0.0328. The molecule has 0 unspecified atom stereocenters. The number of benzene rings is 3. The number of ether oxygens (including phenoxy) is 1. The van der Waals surface area contributed by atoms with E-state index < -0.39 is 181 Å². The average molecular weight is 1250 g/mol. The summed E-state index contributed by atoms with van der Waals surface area (Å²) >= 11 is 6.79. The molecule has 0 spiro atoms. The minimum atomic E-state index is -5.15. The summed E-state index contributed by atoms with van der Waals surface area (Å²) in [6.07, 6.45) is -11.3. The highest BCUT2D eigenvalue weighted by Crippen LogP contribution is 2.68.